The summed E-state index contributed by atoms with van der Waals surface area (Å²) in [7, 11) is 1.54. The van der Waals surface area contributed by atoms with Crippen molar-refractivity contribution in [1.82, 2.24) is 0 Å². The van der Waals surface area contributed by atoms with E-state index >= 15 is 0 Å². The zero-order valence-corrected chi connectivity index (χ0v) is 13.0. The maximum absolute atomic E-state index is 12.0. The van der Waals surface area contributed by atoms with Crippen LogP contribution >= 0.6 is 0 Å². The highest BCUT2D eigenvalue weighted by Gasteiger charge is 2.07. The second kappa shape index (κ2) is 7.84. The number of rotatable bonds is 6. The number of hydrogen-bond acceptors (Lipinski definition) is 4. The van der Waals surface area contributed by atoms with Crippen LogP contribution < -0.4 is 20.1 Å². The fourth-order valence-electron chi connectivity index (χ4n) is 1.96. The Morgan fingerprint density at radius 3 is 2.26 bits per heavy atom. The Kier molecular flexibility index (Phi) is 5.57. The molecule has 2 aromatic carbocycles. The van der Waals surface area contributed by atoms with E-state index in [0.717, 1.165) is 0 Å². The predicted molar refractivity (Wildman–Crippen MR) is 87.9 cm³/mol. The van der Waals surface area contributed by atoms with E-state index < -0.39 is 0 Å². The highest BCUT2D eigenvalue weighted by atomic mass is 16.5. The highest BCUT2D eigenvalue weighted by Crippen LogP contribution is 2.25. The van der Waals surface area contributed by atoms with E-state index in [1.807, 2.05) is 6.07 Å². The average Bonchev–Trinajstić information content (AvgIpc) is 2.53. The smallest absolute Gasteiger partial charge is 0.262 e. The number of hydrogen-bond donors (Lipinski definition) is 2. The van der Waals surface area contributed by atoms with Crippen molar-refractivity contribution in [3.05, 3.63) is 48.5 Å². The van der Waals surface area contributed by atoms with Gasteiger partial charge in [-0.1, -0.05) is 18.2 Å². The summed E-state index contributed by atoms with van der Waals surface area (Å²) in [5, 5.41) is 5.36. The van der Waals surface area contributed by atoms with Crippen LogP contribution in [0, 0.1) is 0 Å². The van der Waals surface area contributed by atoms with Crippen LogP contribution in [-0.4, -0.2) is 25.5 Å². The van der Waals surface area contributed by atoms with Gasteiger partial charge in [0.05, 0.1) is 7.11 Å². The van der Waals surface area contributed by atoms with Crippen molar-refractivity contribution in [2.75, 3.05) is 24.4 Å². The maximum atomic E-state index is 12.0. The van der Waals surface area contributed by atoms with Crippen molar-refractivity contribution in [1.29, 1.82) is 0 Å². The molecule has 0 spiro atoms. The van der Waals surface area contributed by atoms with E-state index in [-0.39, 0.29) is 18.4 Å². The van der Waals surface area contributed by atoms with Crippen LogP contribution in [0.5, 0.6) is 11.5 Å². The van der Waals surface area contributed by atoms with Gasteiger partial charge < -0.3 is 20.1 Å². The quantitative estimate of drug-likeness (QED) is 0.859. The lowest BCUT2D eigenvalue weighted by molar-refractivity contribution is -0.118. The van der Waals surface area contributed by atoms with Crippen molar-refractivity contribution in [3.63, 3.8) is 0 Å². The van der Waals surface area contributed by atoms with Crippen molar-refractivity contribution in [2.24, 2.45) is 0 Å². The number of ether oxygens (including phenoxy) is 2. The van der Waals surface area contributed by atoms with Crippen molar-refractivity contribution in [3.8, 4) is 11.5 Å². The molecule has 2 N–H and O–H groups in total. The van der Waals surface area contributed by atoms with Crippen LogP contribution in [0.4, 0.5) is 11.4 Å². The average molecular weight is 314 g/mol. The van der Waals surface area contributed by atoms with Gasteiger partial charge in [-0.2, -0.15) is 0 Å². The number of amides is 2. The monoisotopic (exact) mass is 314 g/mol. The Morgan fingerprint density at radius 1 is 0.957 bits per heavy atom. The van der Waals surface area contributed by atoms with Crippen LogP contribution in [0.25, 0.3) is 0 Å². The molecule has 6 heteroatoms. The molecule has 2 rings (SSSR count). The summed E-state index contributed by atoms with van der Waals surface area (Å²) in [6.07, 6.45) is 0. The molecule has 0 aromatic heterocycles. The van der Waals surface area contributed by atoms with Gasteiger partial charge in [0.2, 0.25) is 5.91 Å². The predicted octanol–water partition coefficient (Wildman–Crippen LogP) is 2.67. The molecule has 2 amide bonds. The molecule has 0 atom stereocenters. The molecule has 0 radical (unpaired) electrons. The maximum Gasteiger partial charge on any atom is 0.262 e. The number of methoxy groups -OCH3 is 1. The molecule has 0 saturated carbocycles. The van der Waals surface area contributed by atoms with E-state index in [1.54, 1.807) is 42.5 Å². The third kappa shape index (κ3) is 5.03. The third-order valence-corrected chi connectivity index (χ3v) is 2.89. The number of benzene rings is 2. The summed E-state index contributed by atoms with van der Waals surface area (Å²) in [5.41, 5.74) is 1.19. The summed E-state index contributed by atoms with van der Waals surface area (Å²) >= 11 is 0. The molecule has 6 nitrogen and oxygen atoms in total. The lowest BCUT2D eigenvalue weighted by atomic mass is 10.2. The van der Waals surface area contributed by atoms with Gasteiger partial charge in [0.25, 0.3) is 5.91 Å². The molecule has 0 unspecified atom stereocenters. The Balaban J connectivity index is 1.93. The Hall–Kier alpha value is -3.02. The normalized spacial score (nSPS) is 9.83. The minimum absolute atomic E-state index is 0.148. The van der Waals surface area contributed by atoms with E-state index in [9.17, 15) is 9.59 Å². The van der Waals surface area contributed by atoms with Gasteiger partial charge in [-0.05, 0) is 30.3 Å². The Labute approximate surface area is 134 Å². The van der Waals surface area contributed by atoms with Crippen LogP contribution in [-0.2, 0) is 9.59 Å². The van der Waals surface area contributed by atoms with Gasteiger partial charge in [-0.3, -0.25) is 9.59 Å². The number of nitrogens with one attached hydrogen (secondary N) is 2. The molecule has 0 saturated heterocycles. The first-order chi connectivity index (χ1) is 11.1. The molecule has 0 aliphatic rings. The molecule has 23 heavy (non-hydrogen) atoms. The van der Waals surface area contributed by atoms with Gasteiger partial charge in [-0.25, -0.2) is 0 Å². The van der Waals surface area contributed by atoms with Gasteiger partial charge in [0.1, 0.15) is 0 Å². The first-order valence-electron chi connectivity index (χ1n) is 7.02. The number of anilines is 2. The lowest BCUT2D eigenvalue weighted by Gasteiger charge is -2.11. The van der Waals surface area contributed by atoms with Crippen LogP contribution in [0.1, 0.15) is 6.92 Å². The second-order valence-electron chi connectivity index (χ2n) is 4.75. The van der Waals surface area contributed by atoms with E-state index in [0.29, 0.717) is 22.9 Å². The van der Waals surface area contributed by atoms with Crippen molar-refractivity contribution in [2.45, 2.75) is 6.92 Å². The largest absolute Gasteiger partial charge is 0.493 e. The molecule has 0 heterocycles. The second-order valence-corrected chi connectivity index (χ2v) is 4.75. The number of carbonyl (C=O) groups excluding carboxylic acids is 2. The van der Waals surface area contributed by atoms with E-state index in [4.69, 9.17) is 9.47 Å². The highest BCUT2D eigenvalue weighted by molar-refractivity contribution is 5.94. The standard InChI is InChI=1S/C17H18N2O4/c1-12(20)18-13-6-5-7-14(10-13)19-17(21)11-23-16-9-4-3-8-15(16)22-2/h3-10H,11H2,1-2H3,(H,18,20)(H,19,21). The molecular weight excluding hydrogens is 296 g/mol. The van der Waals surface area contributed by atoms with Gasteiger partial charge in [-0.15, -0.1) is 0 Å². The Bertz CT molecular complexity index is 700. The lowest BCUT2D eigenvalue weighted by Crippen LogP contribution is -2.20. The van der Waals surface area contributed by atoms with Gasteiger partial charge in [0, 0.05) is 18.3 Å². The minimum atomic E-state index is -0.309. The first-order valence-corrected chi connectivity index (χ1v) is 7.02. The first kappa shape index (κ1) is 16.4. The molecule has 120 valence electrons. The van der Waals surface area contributed by atoms with Crippen molar-refractivity contribution >= 4 is 23.2 Å². The summed E-state index contributed by atoms with van der Waals surface area (Å²) in [6.45, 7) is 1.27. The summed E-state index contributed by atoms with van der Waals surface area (Å²) in [4.78, 5) is 23.0. The fourth-order valence-corrected chi connectivity index (χ4v) is 1.96. The molecule has 0 bridgehead atoms. The van der Waals surface area contributed by atoms with Gasteiger partial charge >= 0.3 is 0 Å². The molecule has 0 aliphatic heterocycles. The SMILES string of the molecule is COc1ccccc1OCC(=O)Nc1cccc(NC(C)=O)c1. The van der Waals surface area contributed by atoms with Crippen LogP contribution in [0.15, 0.2) is 48.5 Å². The number of carbonyl (C=O) groups is 2. The molecule has 0 fully saturated rings. The minimum Gasteiger partial charge on any atom is -0.493 e. The summed E-state index contributed by atoms with van der Waals surface area (Å²) < 4.78 is 10.6. The van der Waals surface area contributed by atoms with Crippen LogP contribution in [0.2, 0.25) is 0 Å². The zero-order valence-electron chi connectivity index (χ0n) is 13.0. The Morgan fingerprint density at radius 2 is 1.61 bits per heavy atom. The van der Waals surface area contributed by atoms with Crippen LogP contribution in [0.3, 0.4) is 0 Å². The van der Waals surface area contributed by atoms with Crippen molar-refractivity contribution < 1.29 is 19.1 Å². The topological polar surface area (TPSA) is 76.7 Å². The zero-order chi connectivity index (χ0) is 16.7. The van der Waals surface area contributed by atoms with E-state index in [2.05, 4.69) is 10.6 Å². The third-order valence-electron chi connectivity index (χ3n) is 2.89. The van der Waals surface area contributed by atoms with Gasteiger partial charge in [0.15, 0.2) is 18.1 Å². The summed E-state index contributed by atoms with van der Waals surface area (Å²) in [5.74, 6) is 0.578. The fraction of sp³-hybridized carbons (Fsp3) is 0.176. The molecule has 0 aliphatic carbocycles. The van der Waals surface area contributed by atoms with E-state index in [1.165, 1.54) is 14.0 Å². The summed E-state index contributed by atoms with van der Waals surface area (Å²) in [6, 6.07) is 14.0. The molecule has 2 aromatic rings. The molecular formula is C17H18N2O4. The number of para-hydroxylation sites is 2.